The fourth-order valence-electron chi connectivity index (χ4n) is 6.05. The summed E-state index contributed by atoms with van der Waals surface area (Å²) in [6.45, 7) is 2.89. The van der Waals surface area contributed by atoms with Gasteiger partial charge < -0.3 is 4.98 Å². The number of fused-ring (bicyclic) bond motifs is 2. The van der Waals surface area contributed by atoms with Gasteiger partial charge in [0.25, 0.3) is 0 Å². The fourth-order valence-corrected chi connectivity index (χ4v) is 6.66. The molecule has 1 saturated heterocycles. The van der Waals surface area contributed by atoms with E-state index in [1.165, 1.54) is 37.5 Å². The first-order valence-corrected chi connectivity index (χ1v) is 16.9. The highest BCUT2D eigenvalue weighted by molar-refractivity contribution is 7.90. The summed E-state index contributed by atoms with van der Waals surface area (Å²) < 4.78 is 53.4. The minimum absolute atomic E-state index is 0.0799. The number of imidazole rings is 1. The second kappa shape index (κ2) is 11.8. The number of rotatable bonds is 8. The summed E-state index contributed by atoms with van der Waals surface area (Å²) in [6, 6.07) is 11.4. The highest BCUT2D eigenvalue weighted by Gasteiger charge is 2.19. The van der Waals surface area contributed by atoms with Gasteiger partial charge in [0, 0.05) is 59.5 Å². The molecule has 2 aromatic carbocycles. The zero-order valence-corrected chi connectivity index (χ0v) is 25.5. The average Bonchev–Trinajstić information content (AvgIpc) is 3.63. The van der Waals surface area contributed by atoms with Crippen molar-refractivity contribution in [2.75, 3.05) is 25.1 Å². The standard InChI is InChI=1S/C33H31F2N7O2S/c1-45(43,44)10-6-20-11-22(14-24(34)13-20)25-5-7-37-32-30(25)38-33(39-32)31-27-15-26(28(35)16-29(27)40-41-31)23-12-21(17-36-18-23)19-42-8-3-2-4-9-42/h5,7,11-18H,2-4,6,8-10,19H2,1H3,(H,40,41)(H,37,38,39). The van der Waals surface area contributed by atoms with E-state index in [1.54, 1.807) is 30.6 Å². The molecular weight excluding hydrogens is 596 g/mol. The Morgan fingerprint density at radius 3 is 2.58 bits per heavy atom. The molecule has 45 heavy (non-hydrogen) atoms. The van der Waals surface area contributed by atoms with E-state index in [1.807, 2.05) is 12.3 Å². The molecule has 0 saturated carbocycles. The molecule has 0 spiro atoms. The second-order valence-electron chi connectivity index (χ2n) is 11.7. The lowest BCUT2D eigenvalue weighted by molar-refractivity contribution is 0.220. The Hall–Kier alpha value is -4.55. The number of nitrogens with zero attached hydrogens (tertiary/aromatic N) is 5. The van der Waals surface area contributed by atoms with Crippen LogP contribution < -0.4 is 0 Å². The fraction of sp³-hybridized carbons (Fsp3) is 0.273. The first-order chi connectivity index (χ1) is 21.7. The van der Waals surface area contributed by atoms with Gasteiger partial charge in [-0.15, -0.1) is 0 Å². The normalized spacial score (nSPS) is 14.5. The number of aryl methyl sites for hydroxylation is 1. The lowest BCUT2D eigenvalue weighted by Gasteiger charge is -2.26. The van der Waals surface area contributed by atoms with E-state index in [0.29, 0.717) is 61.4 Å². The van der Waals surface area contributed by atoms with Gasteiger partial charge in [0.2, 0.25) is 0 Å². The van der Waals surface area contributed by atoms with E-state index in [9.17, 15) is 12.8 Å². The highest BCUT2D eigenvalue weighted by atomic mass is 32.2. The summed E-state index contributed by atoms with van der Waals surface area (Å²) >= 11 is 0. The Labute approximate surface area is 258 Å². The Kier molecular flexibility index (Phi) is 7.62. The van der Waals surface area contributed by atoms with Crippen LogP contribution in [0.5, 0.6) is 0 Å². The van der Waals surface area contributed by atoms with Crippen LogP contribution >= 0.6 is 0 Å². The molecule has 1 fully saturated rings. The lowest BCUT2D eigenvalue weighted by Crippen LogP contribution is -2.29. The molecule has 230 valence electrons. The van der Waals surface area contributed by atoms with Crippen molar-refractivity contribution in [3.05, 3.63) is 83.8 Å². The van der Waals surface area contributed by atoms with Crippen molar-refractivity contribution in [3.8, 4) is 33.8 Å². The third kappa shape index (κ3) is 6.20. The molecule has 7 rings (SSSR count). The number of hydrogen-bond acceptors (Lipinski definition) is 7. The van der Waals surface area contributed by atoms with Gasteiger partial charge in [0.05, 0.1) is 16.8 Å². The third-order valence-corrected chi connectivity index (χ3v) is 9.20. The molecule has 5 heterocycles. The van der Waals surface area contributed by atoms with Crippen LogP contribution in [0.1, 0.15) is 30.4 Å². The first-order valence-electron chi connectivity index (χ1n) is 14.9. The monoisotopic (exact) mass is 627 g/mol. The molecule has 4 aromatic heterocycles. The molecule has 0 unspecified atom stereocenters. The maximum atomic E-state index is 15.4. The van der Waals surface area contributed by atoms with Gasteiger partial charge in [0.15, 0.2) is 11.5 Å². The van der Waals surface area contributed by atoms with Crippen molar-refractivity contribution in [1.82, 2.24) is 35.0 Å². The second-order valence-corrected chi connectivity index (χ2v) is 14.0. The van der Waals surface area contributed by atoms with Crippen LogP contribution in [0, 0.1) is 11.6 Å². The SMILES string of the molecule is CS(=O)(=O)CCc1cc(F)cc(-c2ccnc3nc(-c4n[nH]c5cc(F)c(-c6cncc(CN7CCCCC7)c6)cc45)[nH]c23)c1. The largest absolute Gasteiger partial charge is 0.335 e. The van der Waals surface area contributed by atoms with E-state index >= 15 is 4.39 Å². The minimum Gasteiger partial charge on any atom is -0.335 e. The number of halogens is 2. The minimum atomic E-state index is -3.21. The summed E-state index contributed by atoms with van der Waals surface area (Å²) in [6.07, 6.45) is 10.1. The number of likely N-dealkylation sites (tertiary alicyclic amines) is 1. The van der Waals surface area contributed by atoms with E-state index in [0.717, 1.165) is 31.5 Å². The van der Waals surface area contributed by atoms with Crippen LogP contribution in [0.3, 0.4) is 0 Å². The summed E-state index contributed by atoms with van der Waals surface area (Å²) in [4.78, 5) is 19.2. The average molecular weight is 628 g/mol. The van der Waals surface area contributed by atoms with E-state index in [4.69, 9.17) is 0 Å². The quantitative estimate of drug-likeness (QED) is 0.210. The Morgan fingerprint density at radius 1 is 0.933 bits per heavy atom. The van der Waals surface area contributed by atoms with Crippen LogP contribution in [0.15, 0.2) is 61.1 Å². The summed E-state index contributed by atoms with van der Waals surface area (Å²) in [7, 11) is -3.21. The molecule has 9 nitrogen and oxygen atoms in total. The van der Waals surface area contributed by atoms with Gasteiger partial charge >= 0.3 is 0 Å². The van der Waals surface area contributed by atoms with Crippen LogP contribution in [-0.2, 0) is 22.8 Å². The third-order valence-electron chi connectivity index (χ3n) is 8.26. The summed E-state index contributed by atoms with van der Waals surface area (Å²) in [5, 5.41) is 8.04. The molecule has 0 radical (unpaired) electrons. The Morgan fingerprint density at radius 2 is 1.76 bits per heavy atom. The number of nitrogens with one attached hydrogen (secondary N) is 2. The van der Waals surface area contributed by atoms with Crippen molar-refractivity contribution in [2.24, 2.45) is 0 Å². The van der Waals surface area contributed by atoms with Crippen molar-refractivity contribution in [3.63, 3.8) is 0 Å². The molecule has 0 amide bonds. The molecule has 6 aromatic rings. The van der Waals surface area contributed by atoms with Crippen LogP contribution in [0.2, 0.25) is 0 Å². The van der Waals surface area contributed by atoms with Crippen LogP contribution in [0.4, 0.5) is 8.78 Å². The molecule has 1 aliphatic heterocycles. The summed E-state index contributed by atoms with van der Waals surface area (Å²) in [5.41, 5.74) is 5.89. The van der Waals surface area contributed by atoms with E-state index in [2.05, 4.69) is 35.0 Å². The number of pyridine rings is 2. The summed E-state index contributed by atoms with van der Waals surface area (Å²) in [5.74, 6) is -0.521. The molecule has 12 heteroatoms. The number of benzene rings is 2. The maximum Gasteiger partial charge on any atom is 0.178 e. The van der Waals surface area contributed by atoms with Gasteiger partial charge in [-0.2, -0.15) is 5.10 Å². The maximum absolute atomic E-state index is 15.4. The number of aromatic amines is 2. The van der Waals surface area contributed by atoms with E-state index in [-0.39, 0.29) is 18.0 Å². The molecule has 0 aliphatic carbocycles. The smallest absolute Gasteiger partial charge is 0.178 e. The van der Waals surface area contributed by atoms with Crippen LogP contribution in [-0.4, -0.2) is 68.5 Å². The number of sulfone groups is 1. The zero-order chi connectivity index (χ0) is 31.1. The van der Waals surface area contributed by atoms with Gasteiger partial charge in [-0.1, -0.05) is 12.5 Å². The highest BCUT2D eigenvalue weighted by Crippen LogP contribution is 2.34. The van der Waals surface area contributed by atoms with Crippen LogP contribution in [0.25, 0.3) is 55.8 Å². The Bertz CT molecular complexity index is 2150. The predicted molar refractivity (Wildman–Crippen MR) is 170 cm³/mol. The molecule has 2 N–H and O–H groups in total. The molecular formula is C33H31F2N7O2S. The lowest BCUT2D eigenvalue weighted by atomic mass is 10.0. The van der Waals surface area contributed by atoms with Gasteiger partial charge in [-0.05, 0) is 79.4 Å². The first kappa shape index (κ1) is 29.2. The van der Waals surface area contributed by atoms with Crippen molar-refractivity contribution in [1.29, 1.82) is 0 Å². The van der Waals surface area contributed by atoms with Gasteiger partial charge in [-0.25, -0.2) is 27.2 Å². The number of aromatic nitrogens is 6. The number of hydrogen-bond donors (Lipinski definition) is 2. The molecule has 0 bridgehead atoms. The van der Waals surface area contributed by atoms with Crippen molar-refractivity contribution < 1.29 is 17.2 Å². The number of piperidine rings is 1. The Balaban J connectivity index is 1.25. The van der Waals surface area contributed by atoms with Gasteiger partial charge in [-0.3, -0.25) is 15.0 Å². The molecule has 1 aliphatic rings. The van der Waals surface area contributed by atoms with Crippen molar-refractivity contribution >= 4 is 31.9 Å². The zero-order valence-electron chi connectivity index (χ0n) is 24.6. The number of H-pyrrole nitrogens is 2. The van der Waals surface area contributed by atoms with E-state index < -0.39 is 15.7 Å². The predicted octanol–water partition coefficient (Wildman–Crippen LogP) is 6.08. The van der Waals surface area contributed by atoms with Crippen molar-refractivity contribution in [2.45, 2.75) is 32.2 Å². The topological polar surface area (TPSA) is 121 Å². The molecule has 0 atom stereocenters. The van der Waals surface area contributed by atoms with Gasteiger partial charge in [0.1, 0.15) is 27.2 Å².